The molecule has 3 aromatic rings. The van der Waals surface area contributed by atoms with Crippen molar-refractivity contribution in [2.75, 3.05) is 0 Å². The number of hydrogen-bond donors (Lipinski definition) is 0. The summed E-state index contributed by atoms with van der Waals surface area (Å²) in [7, 11) is 0. The first-order valence-corrected chi connectivity index (χ1v) is 9.43. The Morgan fingerprint density at radius 2 is 1.93 bits per heavy atom. The summed E-state index contributed by atoms with van der Waals surface area (Å²) in [6.45, 7) is 2.01. The second-order valence-corrected chi connectivity index (χ2v) is 7.39. The molecule has 2 aromatic carbocycles. The number of aromatic nitrogens is 2. The van der Waals surface area contributed by atoms with Crippen LogP contribution in [0.25, 0.3) is 10.9 Å². The maximum atomic E-state index is 13.1. The van der Waals surface area contributed by atoms with Gasteiger partial charge in [0.25, 0.3) is 5.56 Å². The van der Waals surface area contributed by atoms with Crippen molar-refractivity contribution in [3.05, 3.63) is 75.8 Å². The van der Waals surface area contributed by atoms with Crippen LogP contribution in [0.1, 0.15) is 31.4 Å². The molecule has 1 unspecified atom stereocenters. The lowest BCUT2D eigenvalue weighted by molar-refractivity contribution is -0.134. The molecule has 5 nitrogen and oxygen atoms in total. The van der Waals surface area contributed by atoms with Crippen LogP contribution in [0, 0.1) is 0 Å². The zero-order valence-electron chi connectivity index (χ0n) is 15.0. The van der Waals surface area contributed by atoms with Gasteiger partial charge in [-0.25, -0.2) is 4.98 Å². The third kappa shape index (κ3) is 3.60. The fraction of sp³-hybridized carbons (Fsp3) is 0.286. The van der Waals surface area contributed by atoms with Crippen LogP contribution >= 0.6 is 11.6 Å². The van der Waals surface area contributed by atoms with Crippen molar-refractivity contribution in [1.29, 1.82) is 0 Å². The van der Waals surface area contributed by atoms with Crippen molar-refractivity contribution < 1.29 is 4.79 Å². The Bertz CT molecular complexity index is 1040. The van der Waals surface area contributed by atoms with Crippen molar-refractivity contribution >= 4 is 28.4 Å². The van der Waals surface area contributed by atoms with E-state index in [-0.39, 0.29) is 30.1 Å². The monoisotopic (exact) mass is 381 g/mol. The minimum Gasteiger partial charge on any atom is -0.331 e. The number of benzene rings is 2. The molecule has 0 radical (unpaired) electrons. The van der Waals surface area contributed by atoms with E-state index in [0.29, 0.717) is 15.9 Å². The summed E-state index contributed by atoms with van der Waals surface area (Å²) in [5.41, 5.74) is 1.48. The maximum Gasteiger partial charge on any atom is 0.261 e. The van der Waals surface area contributed by atoms with Gasteiger partial charge in [-0.15, -0.1) is 0 Å². The van der Waals surface area contributed by atoms with Crippen LogP contribution in [0.15, 0.2) is 59.7 Å². The second-order valence-electron chi connectivity index (χ2n) is 6.95. The fourth-order valence-corrected chi connectivity index (χ4v) is 3.56. The van der Waals surface area contributed by atoms with Crippen LogP contribution in [-0.2, 0) is 11.3 Å². The Hall–Kier alpha value is -2.66. The van der Waals surface area contributed by atoms with Gasteiger partial charge in [0.1, 0.15) is 6.54 Å². The van der Waals surface area contributed by atoms with E-state index >= 15 is 0 Å². The predicted molar refractivity (Wildman–Crippen MR) is 106 cm³/mol. The van der Waals surface area contributed by atoms with Crippen molar-refractivity contribution in [1.82, 2.24) is 14.5 Å². The van der Waals surface area contributed by atoms with Gasteiger partial charge in [-0.1, -0.05) is 35.9 Å². The third-order valence-electron chi connectivity index (χ3n) is 5.04. The summed E-state index contributed by atoms with van der Waals surface area (Å²) in [5.74, 6) is -0.0702. The molecular weight excluding hydrogens is 362 g/mol. The number of nitrogens with zero attached hydrogens (tertiary/aromatic N) is 3. The molecule has 1 heterocycles. The molecule has 0 N–H and O–H groups in total. The molecule has 0 spiro atoms. The van der Waals surface area contributed by atoms with E-state index in [1.807, 2.05) is 42.2 Å². The molecule has 1 aromatic heterocycles. The number of hydrogen-bond acceptors (Lipinski definition) is 3. The fourth-order valence-electron chi connectivity index (χ4n) is 3.44. The highest BCUT2D eigenvalue weighted by Gasteiger charge is 2.36. The van der Waals surface area contributed by atoms with Gasteiger partial charge in [0, 0.05) is 11.1 Å². The number of carbonyl (C=O) groups is 1. The first-order valence-electron chi connectivity index (χ1n) is 9.05. The standard InChI is InChI=1S/C21H20ClN3O2/c1-14(15-6-8-16(22)9-7-15)25(17-10-11-17)20(26)12-24-13-23-19-5-3-2-4-18(19)21(24)27/h2-9,13-14,17H,10-12H2,1H3. The molecular formula is C21H20ClN3O2. The molecule has 1 aliphatic carbocycles. The van der Waals surface area contributed by atoms with Crippen molar-refractivity contribution in [2.24, 2.45) is 0 Å². The average Bonchev–Trinajstić information content (AvgIpc) is 3.50. The van der Waals surface area contributed by atoms with E-state index in [0.717, 1.165) is 18.4 Å². The van der Waals surface area contributed by atoms with E-state index in [4.69, 9.17) is 11.6 Å². The summed E-state index contributed by atoms with van der Waals surface area (Å²) in [4.78, 5) is 32.0. The minimum absolute atomic E-state index is 0.00883. The van der Waals surface area contributed by atoms with Crippen LogP contribution in [0.2, 0.25) is 5.02 Å². The highest BCUT2D eigenvalue weighted by Crippen LogP contribution is 2.34. The molecule has 0 saturated heterocycles. The molecule has 1 fully saturated rings. The molecule has 4 rings (SSSR count). The lowest BCUT2D eigenvalue weighted by atomic mass is 10.1. The summed E-state index contributed by atoms with van der Waals surface area (Å²) < 4.78 is 1.40. The van der Waals surface area contributed by atoms with Crippen molar-refractivity contribution in [2.45, 2.75) is 38.4 Å². The summed E-state index contributed by atoms with van der Waals surface area (Å²) in [6, 6.07) is 14.9. The molecule has 0 aliphatic heterocycles. The quantitative estimate of drug-likeness (QED) is 0.675. The van der Waals surface area contributed by atoms with Gasteiger partial charge in [0.2, 0.25) is 5.91 Å². The maximum absolute atomic E-state index is 13.1. The predicted octanol–water partition coefficient (Wildman–Crippen LogP) is 3.80. The highest BCUT2D eigenvalue weighted by molar-refractivity contribution is 6.30. The lowest BCUT2D eigenvalue weighted by Crippen LogP contribution is -2.39. The third-order valence-corrected chi connectivity index (χ3v) is 5.29. The number of halogens is 1. The summed E-state index contributed by atoms with van der Waals surface area (Å²) in [6.07, 6.45) is 3.45. The van der Waals surface area contributed by atoms with Gasteiger partial charge < -0.3 is 4.90 Å². The minimum atomic E-state index is -0.191. The van der Waals surface area contributed by atoms with Crippen LogP contribution in [0.5, 0.6) is 0 Å². The molecule has 1 aliphatic rings. The number of carbonyl (C=O) groups excluding carboxylic acids is 1. The van der Waals surface area contributed by atoms with Crippen LogP contribution in [-0.4, -0.2) is 26.4 Å². The Labute approximate surface area is 162 Å². The largest absolute Gasteiger partial charge is 0.331 e. The Kier molecular flexibility index (Phi) is 4.70. The van der Waals surface area contributed by atoms with Gasteiger partial charge in [-0.2, -0.15) is 0 Å². The van der Waals surface area contributed by atoms with Gasteiger partial charge in [-0.05, 0) is 49.6 Å². The molecule has 1 amide bonds. The van der Waals surface area contributed by atoms with Gasteiger partial charge in [0.05, 0.1) is 23.3 Å². The molecule has 138 valence electrons. The number of amides is 1. The zero-order valence-corrected chi connectivity index (χ0v) is 15.8. The molecule has 1 saturated carbocycles. The Morgan fingerprint density at radius 1 is 1.22 bits per heavy atom. The number of rotatable bonds is 5. The van der Waals surface area contributed by atoms with Gasteiger partial charge in [-0.3, -0.25) is 14.2 Å². The average molecular weight is 382 g/mol. The Balaban J connectivity index is 1.61. The van der Waals surface area contributed by atoms with E-state index in [1.165, 1.54) is 10.9 Å². The SMILES string of the molecule is CC(c1ccc(Cl)cc1)N(C(=O)Cn1cnc2ccccc2c1=O)C1CC1. The summed E-state index contributed by atoms with van der Waals surface area (Å²) in [5, 5.41) is 1.19. The molecule has 6 heteroatoms. The van der Waals surface area contributed by atoms with Crippen molar-refractivity contribution in [3.8, 4) is 0 Å². The lowest BCUT2D eigenvalue weighted by Gasteiger charge is -2.30. The topological polar surface area (TPSA) is 55.2 Å². The normalized spacial score (nSPS) is 14.9. The van der Waals surface area contributed by atoms with E-state index in [9.17, 15) is 9.59 Å². The first-order chi connectivity index (χ1) is 13.0. The van der Waals surface area contributed by atoms with Crippen LogP contribution in [0.4, 0.5) is 0 Å². The molecule has 1 atom stereocenters. The van der Waals surface area contributed by atoms with Crippen molar-refractivity contribution in [3.63, 3.8) is 0 Å². The first kappa shape index (κ1) is 17.7. The number of fused-ring (bicyclic) bond motifs is 1. The van der Waals surface area contributed by atoms with E-state index in [2.05, 4.69) is 4.98 Å². The number of para-hydroxylation sites is 1. The van der Waals surface area contributed by atoms with E-state index < -0.39 is 0 Å². The van der Waals surface area contributed by atoms with Gasteiger partial charge >= 0.3 is 0 Å². The highest BCUT2D eigenvalue weighted by atomic mass is 35.5. The smallest absolute Gasteiger partial charge is 0.261 e. The van der Waals surface area contributed by atoms with E-state index in [1.54, 1.807) is 18.2 Å². The summed E-state index contributed by atoms with van der Waals surface area (Å²) >= 11 is 5.98. The molecule has 0 bridgehead atoms. The Morgan fingerprint density at radius 3 is 2.63 bits per heavy atom. The molecule has 27 heavy (non-hydrogen) atoms. The second kappa shape index (κ2) is 7.16. The van der Waals surface area contributed by atoms with Gasteiger partial charge in [0.15, 0.2) is 0 Å². The van der Waals surface area contributed by atoms with Crippen LogP contribution in [0.3, 0.4) is 0 Å². The zero-order chi connectivity index (χ0) is 19.0. The van der Waals surface area contributed by atoms with Crippen LogP contribution < -0.4 is 5.56 Å².